The Labute approximate surface area is 110 Å². The summed E-state index contributed by atoms with van der Waals surface area (Å²) in [5, 5.41) is 16.0. The van der Waals surface area contributed by atoms with Crippen LogP contribution in [0.3, 0.4) is 0 Å². The van der Waals surface area contributed by atoms with Crippen molar-refractivity contribution in [3.63, 3.8) is 0 Å². The van der Waals surface area contributed by atoms with Crippen LogP contribution >= 0.6 is 0 Å². The van der Waals surface area contributed by atoms with Crippen molar-refractivity contribution in [2.45, 2.75) is 63.5 Å². The van der Waals surface area contributed by atoms with Crippen LogP contribution in [0.15, 0.2) is 0 Å². The lowest BCUT2D eigenvalue weighted by molar-refractivity contribution is -0.121. The first-order valence-corrected chi connectivity index (χ1v) is 7.42. The molecule has 0 spiro atoms. The molecule has 104 valence electrons. The molecule has 2 aliphatic rings. The third kappa shape index (κ3) is 5.36. The van der Waals surface area contributed by atoms with E-state index in [1.54, 1.807) is 0 Å². The van der Waals surface area contributed by atoms with Gasteiger partial charge in [0.15, 0.2) is 0 Å². The van der Waals surface area contributed by atoms with Gasteiger partial charge in [0.1, 0.15) is 0 Å². The molecule has 0 radical (unpaired) electrons. The average molecular weight is 254 g/mol. The number of hydrogen-bond acceptors (Lipinski definition) is 3. The normalized spacial score (nSPS) is 22.1. The van der Waals surface area contributed by atoms with Gasteiger partial charge in [0, 0.05) is 25.6 Å². The Balaban J connectivity index is 1.45. The zero-order valence-electron chi connectivity index (χ0n) is 11.2. The molecular formula is C14H26N2O2. The Hall–Kier alpha value is -0.610. The molecule has 0 aromatic heterocycles. The Morgan fingerprint density at radius 3 is 2.61 bits per heavy atom. The molecule has 1 amide bonds. The molecular weight excluding hydrogens is 228 g/mol. The molecule has 0 aromatic rings. The highest BCUT2D eigenvalue weighted by Gasteiger charge is 2.23. The molecule has 4 heteroatoms. The van der Waals surface area contributed by atoms with E-state index in [1.165, 1.54) is 25.7 Å². The van der Waals surface area contributed by atoms with Gasteiger partial charge in [-0.15, -0.1) is 0 Å². The molecule has 1 atom stereocenters. The van der Waals surface area contributed by atoms with Gasteiger partial charge >= 0.3 is 0 Å². The van der Waals surface area contributed by atoms with E-state index in [0.29, 0.717) is 25.6 Å². The number of rotatable bonds is 8. The monoisotopic (exact) mass is 254 g/mol. The summed E-state index contributed by atoms with van der Waals surface area (Å²) in [6, 6.07) is 0.449. The van der Waals surface area contributed by atoms with Gasteiger partial charge in [0.25, 0.3) is 0 Å². The highest BCUT2D eigenvalue weighted by atomic mass is 16.3. The third-order valence-corrected chi connectivity index (χ3v) is 3.93. The van der Waals surface area contributed by atoms with Gasteiger partial charge in [0.2, 0.25) is 5.91 Å². The second-order valence-corrected chi connectivity index (χ2v) is 5.84. The van der Waals surface area contributed by atoms with Gasteiger partial charge in [-0.05, 0) is 25.2 Å². The molecule has 1 unspecified atom stereocenters. The molecule has 0 saturated heterocycles. The Kier molecular flexibility index (Phi) is 5.45. The highest BCUT2D eigenvalue weighted by Crippen LogP contribution is 2.28. The first-order valence-electron chi connectivity index (χ1n) is 7.42. The van der Waals surface area contributed by atoms with Crippen LogP contribution in [-0.4, -0.2) is 36.2 Å². The van der Waals surface area contributed by atoms with Gasteiger partial charge in [-0.3, -0.25) is 4.79 Å². The van der Waals surface area contributed by atoms with Crippen LogP contribution in [0.2, 0.25) is 0 Å². The summed E-state index contributed by atoms with van der Waals surface area (Å²) in [5.74, 6) is 0.857. The van der Waals surface area contributed by atoms with Crippen LogP contribution in [-0.2, 0) is 4.79 Å². The molecule has 0 aliphatic heterocycles. The minimum absolute atomic E-state index is 0.135. The number of hydrogen-bond donors (Lipinski definition) is 3. The van der Waals surface area contributed by atoms with Crippen molar-refractivity contribution in [3.05, 3.63) is 0 Å². The van der Waals surface area contributed by atoms with E-state index in [-0.39, 0.29) is 12.0 Å². The van der Waals surface area contributed by atoms with Crippen LogP contribution in [0.4, 0.5) is 0 Å². The van der Waals surface area contributed by atoms with Crippen molar-refractivity contribution in [3.8, 4) is 0 Å². The Morgan fingerprint density at radius 1 is 1.22 bits per heavy atom. The van der Waals surface area contributed by atoms with Crippen LogP contribution in [0.1, 0.15) is 51.4 Å². The van der Waals surface area contributed by atoms with E-state index in [1.807, 2.05) is 0 Å². The summed E-state index contributed by atoms with van der Waals surface area (Å²) < 4.78 is 0. The van der Waals surface area contributed by atoms with Crippen molar-refractivity contribution in [1.82, 2.24) is 10.6 Å². The molecule has 2 fully saturated rings. The van der Waals surface area contributed by atoms with E-state index in [9.17, 15) is 9.90 Å². The maximum absolute atomic E-state index is 11.4. The number of aliphatic hydroxyl groups is 1. The first kappa shape index (κ1) is 13.8. The first-order chi connectivity index (χ1) is 8.74. The minimum Gasteiger partial charge on any atom is -0.392 e. The largest absolute Gasteiger partial charge is 0.392 e. The van der Waals surface area contributed by atoms with E-state index in [4.69, 9.17) is 0 Å². The van der Waals surface area contributed by atoms with Crippen molar-refractivity contribution in [2.75, 3.05) is 13.1 Å². The second kappa shape index (κ2) is 7.10. The predicted octanol–water partition coefficient (Wildman–Crippen LogP) is 1.19. The SMILES string of the molecule is O=C(CCNCC(O)CC1CCCC1)NC1CC1. The zero-order chi connectivity index (χ0) is 12.8. The molecule has 2 aliphatic carbocycles. The smallest absolute Gasteiger partial charge is 0.221 e. The average Bonchev–Trinajstić information content (AvgIpc) is 2.99. The number of amides is 1. The van der Waals surface area contributed by atoms with Crippen LogP contribution in [0.5, 0.6) is 0 Å². The lowest BCUT2D eigenvalue weighted by Crippen LogP contribution is -2.33. The molecule has 0 aromatic carbocycles. The molecule has 18 heavy (non-hydrogen) atoms. The van der Waals surface area contributed by atoms with Crippen molar-refractivity contribution in [2.24, 2.45) is 5.92 Å². The topological polar surface area (TPSA) is 61.4 Å². The number of nitrogens with one attached hydrogen (secondary N) is 2. The minimum atomic E-state index is -0.250. The van der Waals surface area contributed by atoms with Crippen molar-refractivity contribution < 1.29 is 9.90 Å². The van der Waals surface area contributed by atoms with Crippen LogP contribution < -0.4 is 10.6 Å². The lowest BCUT2D eigenvalue weighted by atomic mass is 10.0. The molecule has 0 heterocycles. The number of carbonyl (C=O) groups excluding carboxylic acids is 1. The summed E-state index contributed by atoms with van der Waals surface area (Å²) in [6.45, 7) is 1.29. The summed E-state index contributed by atoms with van der Waals surface area (Å²) in [7, 11) is 0. The molecule has 4 nitrogen and oxygen atoms in total. The van der Waals surface area contributed by atoms with Gasteiger partial charge in [-0.2, -0.15) is 0 Å². The zero-order valence-corrected chi connectivity index (χ0v) is 11.2. The molecule has 2 rings (SSSR count). The lowest BCUT2D eigenvalue weighted by Gasteiger charge is -2.15. The van der Waals surface area contributed by atoms with E-state index in [0.717, 1.165) is 25.2 Å². The van der Waals surface area contributed by atoms with E-state index < -0.39 is 0 Å². The van der Waals surface area contributed by atoms with Crippen molar-refractivity contribution >= 4 is 5.91 Å². The van der Waals surface area contributed by atoms with Gasteiger partial charge in [0.05, 0.1) is 6.10 Å². The summed E-state index contributed by atoms with van der Waals surface area (Å²) in [4.78, 5) is 11.4. The van der Waals surface area contributed by atoms with Gasteiger partial charge in [-0.1, -0.05) is 25.7 Å². The molecule has 2 saturated carbocycles. The number of carbonyl (C=O) groups is 1. The summed E-state index contributed by atoms with van der Waals surface area (Å²) >= 11 is 0. The standard InChI is InChI=1S/C14H26N2O2/c17-13(9-11-3-1-2-4-11)10-15-8-7-14(18)16-12-5-6-12/h11-13,15,17H,1-10H2,(H,16,18). The highest BCUT2D eigenvalue weighted by molar-refractivity contribution is 5.76. The number of aliphatic hydroxyl groups excluding tert-OH is 1. The molecule has 0 bridgehead atoms. The maximum atomic E-state index is 11.4. The van der Waals surface area contributed by atoms with Crippen LogP contribution in [0, 0.1) is 5.92 Å². The van der Waals surface area contributed by atoms with E-state index >= 15 is 0 Å². The van der Waals surface area contributed by atoms with Gasteiger partial charge in [-0.25, -0.2) is 0 Å². The van der Waals surface area contributed by atoms with Crippen LogP contribution in [0.25, 0.3) is 0 Å². The fraction of sp³-hybridized carbons (Fsp3) is 0.929. The Morgan fingerprint density at radius 2 is 1.94 bits per heavy atom. The van der Waals surface area contributed by atoms with E-state index in [2.05, 4.69) is 10.6 Å². The quantitative estimate of drug-likeness (QED) is 0.570. The Bertz CT molecular complexity index is 261. The summed E-state index contributed by atoms with van der Waals surface area (Å²) in [6.07, 6.45) is 8.67. The summed E-state index contributed by atoms with van der Waals surface area (Å²) in [5.41, 5.74) is 0. The third-order valence-electron chi connectivity index (χ3n) is 3.93. The maximum Gasteiger partial charge on any atom is 0.221 e. The van der Waals surface area contributed by atoms with Gasteiger partial charge < -0.3 is 15.7 Å². The fourth-order valence-corrected chi connectivity index (χ4v) is 2.71. The fourth-order valence-electron chi connectivity index (χ4n) is 2.71. The molecule has 3 N–H and O–H groups in total. The predicted molar refractivity (Wildman–Crippen MR) is 71.2 cm³/mol. The van der Waals surface area contributed by atoms with Crippen molar-refractivity contribution in [1.29, 1.82) is 0 Å². The second-order valence-electron chi connectivity index (χ2n) is 5.84.